The SMILES string of the molecule is O=C1Cc2cc(OCC(F)(F)F)ccc2N1. The quantitative estimate of drug-likeness (QED) is 0.846. The number of carbonyl (C=O) groups excluding carboxylic acids is 1. The van der Waals surface area contributed by atoms with E-state index in [2.05, 4.69) is 10.1 Å². The molecular weight excluding hydrogens is 223 g/mol. The monoisotopic (exact) mass is 231 g/mol. The maximum absolute atomic E-state index is 11.9. The second kappa shape index (κ2) is 3.70. The first-order chi connectivity index (χ1) is 7.44. The molecule has 0 spiro atoms. The first kappa shape index (κ1) is 10.8. The van der Waals surface area contributed by atoms with Crippen LogP contribution in [0.3, 0.4) is 0 Å². The number of hydrogen-bond donors (Lipinski definition) is 1. The average Bonchev–Trinajstić information content (AvgIpc) is 2.52. The first-order valence-corrected chi connectivity index (χ1v) is 4.56. The van der Waals surface area contributed by atoms with Gasteiger partial charge >= 0.3 is 6.18 Å². The van der Waals surface area contributed by atoms with Crippen molar-refractivity contribution in [1.29, 1.82) is 0 Å². The molecule has 1 amide bonds. The van der Waals surface area contributed by atoms with Gasteiger partial charge in [0.1, 0.15) is 5.75 Å². The lowest BCUT2D eigenvalue weighted by Crippen LogP contribution is -2.19. The Labute approximate surface area is 89.2 Å². The molecule has 0 saturated heterocycles. The second-order valence-electron chi connectivity index (χ2n) is 3.45. The van der Waals surface area contributed by atoms with Crippen LogP contribution in [-0.2, 0) is 11.2 Å². The Kier molecular flexibility index (Phi) is 2.49. The summed E-state index contributed by atoms with van der Waals surface area (Å²) in [7, 11) is 0. The van der Waals surface area contributed by atoms with Gasteiger partial charge in [0.2, 0.25) is 5.91 Å². The van der Waals surface area contributed by atoms with Crippen molar-refractivity contribution in [3.8, 4) is 5.75 Å². The minimum Gasteiger partial charge on any atom is -0.484 e. The van der Waals surface area contributed by atoms with Gasteiger partial charge < -0.3 is 10.1 Å². The van der Waals surface area contributed by atoms with Crippen molar-refractivity contribution >= 4 is 11.6 Å². The Hall–Kier alpha value is -1.72. The summed E-state index contributed by atoms with van der Waals surface area (Å²) in [5.74, 6) is -0.0458. The highest BCUT2D eigenvalue weighted by Gasteiger charge is 2.28. The molecule has 0 saturated carbocycles. The number of carbonyl (C=O) groups is 1. The lowest BCUT2D eigenvalue weighted by atomic mass is 10.1. The fraction of sp³-hybridized carbons (Fsp3) is 0.300. The number of amides is 1. The minimum absolute atomic E-state index is 0.118. The van der Waals surface area contributed by atoms with E-state index in [4.69, 9.17) is 0 Å². The summed E-state index contributed by atoms with van der Waals surface area (Å²) in [6.45, 7) is -1.33. The maximum Gasteiger partial charge on any atom is 0.422 e. The number of alkyl halides is 3. The number of fused-ring (bicyclic) bond motifs is 1. The third-order valence-electron chi connectivity index (χ3n) is 2.10. The number of hydrogen-bond acceptors (Lipinski definition) is 2. The van der Waals surface area contributed by atoms with Crippen LogP contribution in [0.5, 0.6) is 5.75 Å². The molecule has 86 valence electrons. The fourth-order valence-electron chi connectivity index (χ4n) is 1.46. The largest absolute Gasteiger partial charge is 0.484 e. The summed E-state index contributed by atoms with van der Waals surface area (Å²) in [6.07, 6.45) is -4.17. The molecule has 0 atom stereocenters. The molecule has 0 aromatic heterocycles. The van der Waals surface area contributed by atoms with E-state index in [1.165, 1.54) is 18.2 Å². The van der Waals surface area contributed by atoms with Crippen molar-refractivity contribution in [2.45, 2.75) is 12.6 Å². The van der Waals surface area contributed by atoms with E-state index in [-0.39, 0.29) is 18.1 Å². The molecule has 1 aliphatic heterocycles. The Balaban J connectivity index is 2.08. The predicted molar refractivity (Wildman–Crippen MR) is 50.3 cm³/mol. The third-order valence-corrected chi connectivity index (χ3v) is 2.10. The van der Waals surface area contributed by atoms with Crippen molar-refractivity contribution in [2.75, 3.05) is 11.9 Å². The summed E-state index contributed by atoms with van der Waals surface area (Å²) >= 11 is 0. The highest BCUT2D eigenvalue weighted by molar-refractivity contribution is 5.99. The Morgan fingerprint density at radius 2 is 2.12 bits per heavy atom. The summed E-state index contributed by atoms with van der Waals surface area (Å²) in [4.78, 5) is 11.0. The number of benzene rings is 1. The topological polar surface area (TPSA) is 38.3 Å². The van der Waals surface area contributed by atoms with E-state index in [1.807, 2.05) is 0 Å². The first-order valence-electron chi connectivity index (χ1n) is 4.56. The summed E-state index contributed by atoms with van der Waals surface area (Å²) in [6, 6.07) is 4.38. The zero-order chi connectivity index (χ0) is 11.8. The third kappa shape index (κ3) is 2.44. The van der Waals surface area contributed by atoms with Gasteiger partial charge in [0.05, 0.1) is 6.42 Å². The molecule has 1 aromatic carbocycles. The van der Waals surface area contributed by atoms with Crippen LogP contribution in [-0.4, -0.2) is 18.7 Å². The van der Waals surface area contributed by atoms with Gasteiger partial charge in [-0.05, 0) is 23.8 Å². The molecule has 1 aliphatic rings. The van der Waals surface area contributed by atoms with Crippen LogP contribution in [0.4, 0.5) is 18.9 Å². The predicted octanol–water partition coefficient (Wildman–Crippen LogP) is 2.12. The van der Waals surface area contributed by atoms with E-state index in [9.17, 15) is 18.0 Å². The standard InChI is InChI=1S/C10H8F3NO2/c11-10(12,13)5-16-7-1-2-8-6(3-7)4-9(15)14-8/h1-3H,4-5H2,(H,14,15). The fourth-order valence-corrected chi connectivity index (χ4v) is 1.46. The van der Waals surface area contributed by atoms with Crippen LogP contribution in [0.1, 0.15) is 5.56 Å². The molecule has 1 N–H and O–H groups in total. The second-order valence-corrected chi connectivity index (χ2v) is 3.45. The number of nitrogens with one attached hydrogen (secondary N) is 1. The minimum atomic E-state index is -4.35. The van der Waals surface area contributed by atoms with Crippen molar-refractivity contribution in [2.24, 2.45) is 0 Å². The van der Waals surface area contributed by atoms with Crippen molar-refractivity contribution < 1.29 is 22.7 Å². The highest BCUT2D eigenvalue weighted by atomic mass is 19.4. The summed E-state index contributed by atoms with van der Waals surface area (Å²) in [5.41, 5.74) is 1.29. The van der Waals surface area contributed by atoms with E-state index >= 15 is 0 Å². The summed E-state index contributed by atoms with van der Waals surface area (Å²) in [5, 5.41) is 2.58. The lowest BCUT2D eigenvalue weighted by molar-refractivity contribution is -0.153. The van der Waals surface area contributed by atoms with Gasteiger partial charge in [-0.1, -0.05) is 0 Å². The van der Waals surface area contributed by atoms with Gasteiger partial charge in [0, 0.05) is 5.69 Å². The van der Waals surface area contributed by atoms with E-state index in [0.29, 0.717) is 11.3 Å². The Bertz CT molecular complexity index is 429. The van der Waals surface area contributed by atoms with Gasteiger partial charge in [-0.25, -0.2) is 0 Å². The molecule has 0 fully saturated rings. The van der Waals surface area contributed by atoms with Crippen LogP contribution in [0.25, 0.3) is 0 Å². The Morgan fingerprint density at radius 1 is 1.38 bits per heavy atom. The summed E-state index contributed by atoms with van der Waals surface area (Å²) < 4.78 is 40.2. The normalized spacial score (nSPS) is 14.6. The van der Waals surface area contributed by atoms with E-state index < -0.39 is 12.8 Å². The van der Waals surface area contributed by atoms with Crippen LogP contribution in [0.2, 0.25) is 0 Å². The van der Waals surface area contributed by atoms with E-state index in [1.54, 1.807) is 0 Å². The number of halogens is 3. The van der Waals surface area contributed by atoms with Gasteiger partial charge in [-0.15, -0.1) is 0 Å². The molecule has 0 unspecified atom stereocenters. The van der Waals surface area contributed by atoms with Crippen LogP contribution >= 0.6 is 0 Å². The van der Waals surface area contributed by atoms with Crippen molar-refractivity contribution in [3.05, 3.63) is 23.8 Å². The molecule has 2 rings (SSSR count). The molecule has 3 nitrogen and oxygen atoms in total. The van der Waals surface area contributed by atoms with Crippen LogP contribution in [0.15, 0.2) is 18.2 Å². The highest BCUT2D eigenvalue weighted by Crippen LogP contribution is 2.28. The van der Waals surface area contributed by atoms with Gasteiger partial charge in [0.25, 0.3) is 0 Å². The molecule has 1 aromatic rings. The maximum atomic E-state index is 11.9. The average molecular weight is 231 g/mol. The van der Waals surface area contributed by atoms with Crippen molar-refractivity contribution in [3.63, 3.8) is 0 Å². The molecule has 0 bridgehead atoms. The van der Waals surface area contributed by atoms with Crippen molar-refractivity contribution in [1.82, 2.24) is 0 Å². The van der Waals surface area contributed by atoms with Crippen LogP contribution < -0.4 is 10.1 Å². The number of rotatable bonds is 2. The molecule has 16 heavy (non-hydrogen) atoms. The lowest BCUT2D eigenvalue weighted by Gasteiger charge is -2.09. The molecular formula is C10H8F3NO2. The molecule has 0 aliphatic carbocycles. The zero-order valence-electron chi connectivity index (χ0n) is 8.10. The smallest absolute Gasteiger partial charge is 0.422 e. The van der Waals surface area contributed by atoms with Gasteiger partial charge in [-0.3, -0.25) is 4.79 Å². The molecule has 1 heterocycles. The van der Waals surface area contributed by atoms with E-state index in [0.717, 1.165) is 0 Å². The molecule has 6 heteroatoms. The number of ether oxygens (including phenoxy) is 1. The molecule has 0 radical (unpaired) electrons. The zero-order valence-corrected chi connectivity index (χ0v) is 8.10. The van der Waals surface area contributed by atoms with Gasteiger partial charge in [-0.2, -0.15) is 13.2 Å². The van der Waals surface area contributed by atoms with Crippen LogP contribution in [0, 0.1) is 0 Å². The Morgan fingerprint density at radius 3 is 2.81 bits per heavy atom. The number of anilines is 1. The van der Waals surface area contributed by atoms with Gasteiger partial charge in [0.15, 0.2) is 6.61 Å².